The summed E-state index contributed by atoms with van der Waals surface area (Å²) < 4.78 is 44.9. The molecule has 2 aliphatic rings. The van der Waals surface area contributed by atoms with E-state index in [0.29, 0.717) is 28.9 Å². The Bertz CT molecular complexity index is 1090. The maximum absolute atomic E-state index is 13.6. The Labute approximate surface area is 194 Å². The number of carbonyl (C=O) groups is 2. The number of carbonyl (C=O) groups excluding carboxylic acids is 2. The lowest BCUT2D eigenvalue weighted by molar-refractivity contribution is -0.169. The Kier molecular flexibility index (Phi) is 6.80. The average Bonchev–Trinajstić information content (AvgIpc) is 3.05. The Morgan fingerprint density at radius 2 is 2.15 bits per heavy atom. The van der Waals surface area contributed by atoms with Crippen molar-refractivity contribution in [2.75, 3.05) is 25.6 Å². The smallest absolute Gasteiger partial charge is 0.322 e. The molecule has 2 atom stereocenters. The topological polar surface area (TPSA) is 88.9 Å². The number of nitrogens with zero attached hydrogens (tertiary/aromatic N) is 4. The van der Waals surface area contributed by atoms with Gasteiger partial charge in [-0.1, -0.05) is 0 Å². The Balaban J connectivity index is 1.54. The quantitative estimate of drug-likeness (QED) is 0.710. The fourth-order valence-electron chi connectivity index (χ4n) is 4.17. The lowest BCUT2D eigenvalue weighted by Gasteiger charge is -2.33. The van der Waals surface area contributed by atoms with Crippen molar-refractivity contribution in [3.8, 4) is 0 Å². The molecule has 0 saturated carbocycles. The molecule has 0 spiro atoms. The highest BCUT2D eigenvalue weighted by Crippen LogP contribution is 2.29. The second kappa shape index (κ2) is 9.63. The number of aryl methyl sites for hydroxylation is 1. The molecule has 0 aliphatic carbocycles. The number of fused-ring (bicyclic) bond motifs is 3. The average molecular weight is 481 g/mol. The molecule has 1 N–H and O–H groups in total. The van der Waals surface area contributed by atoms with Crippen LogP contribution in [-0.4, -0.2) is 70.5 Å². The van der Waals surface area contributed by atoms with Gasteiger partial charge in [-0.15, -0.1) is 0 Å². The van der Waals surface area contributed by atoms with Crippen molar-refractivity contribution in [1.29, 1.82) is 0 Å². The first kappa shape index (κ1) is 24.0. The highest BCUT2D eigenvalue weighted by atomic mass is 19.3. The Morgan fingerprint density at radius 1 is 1.38 bits per heavy atom. The number of rotatable bonds is 5. The number of amides is 3. The summed E-state index contributed by atoms with van der Waals surface area (Å²) in [5.41, 5.74) is 2.47. The largest absolute Gasteiger partial charge is 0.373 e. The molecule has 1 aromatic carbocycles. The van der Waals surface area contributed by atoms with Gasteiger partial charge in [-0.05, 0) is 37.6 Å². The van der Waals surface area contributed by atoms with Crippen LogP contribution < -0.4 is 5.32 Å². The van der Waals surface area contributed by atoms with Crippen LogP contribution in [0.5, 0.6) is 0 Å². The fourth-order valence-corrected chi connectivity index (χ4v) is 4.17. The first-order valence-electron chi connectivity index (χ1n) is 10.9. The van der Waals surface area contributed by atoms with E-state index in [0.717, 1.165) is 5.06 Å². The standard InChI is InChI=1S/C22H26F3N5O4/c1-12-6-14(4-5-17(12)23)26-22(32)29-9-16-18(7-13(29)2)27-30-8-15(10-33-11-19(24)25)34-28(3)21(31)20(16)30/h4-6,13,15,19H,7-11H2,1-3H3,(H,26,32)/t13-,15-/m1/s1. The number of hydroxylamine groups is 2. The van der Waals surface area contributed by atoms with Crippen molar-refractivity contribution in [3.63, 3.8) is 0 Å². The van der Waals surface area contributed by atoms with E-state index < -0.39 is 25.0 Å². The van der Waals surface area contributed by atoms with Crippen molar-refractivity contribution in [2.45, 2.75) is 51.9 Å². The second-order valence-electron chi connectivity index (χ2n) is 8.49. The minimum Gasteiger partial charge on any atom is -0.373 e. The minimum absolute atomic E-state index is 0.131. The van der Waals surface area contributed by atoms with Crippen molar-refractivity contribution in [3.05, 3.63) is 46.5 Å². The van der Waals surface area contributed by atoms with Gasteiger partial charge in [-0.3, -0.25) is 14.3 Å². The van der Waals surface area contributed by atoms with Gasteiger partial charge in [0, 0.05) is 30.8 Å². The number of aromatic nitrogens is 2. The lowest BCUT2D eigenvalue weighted by Crippen LogP contribution is -2.45. The molecular weight excluding hydrogens is 455 g/mol. The maximum Gasteiger partial charge on any atom is 0.322 e. The third-order valence-electron chi connectivity index (χ3n) is 5.87. The summed E-state index contributed by atoms with van der Waals surface area (Å²) >= 11 is 0. The molecular formula is C22H26F3N5O4. The predicted octanol–water partition coefficient (Wildman–Crippen LogP) is 2.98. The maximum atomic E-state index is 13.6. The van der Waals surface area contributed by atoms with E-state index in [1.54, 1.807) is 17.9 Å². The van der Waals surface area contributed by atoms with E-state index in [9.17, 15) is 22.8 Å². The van der Waals surface area contributed by atoms with Crippen molar-refractivity contribution < 1.29 is 32.3 Å². The Morgan fingerprint density at radius 3 is 2.85 bits per heavy atom. The van der Waals surface area contributed by atoms with Crippen LogP contribution in [0.15, 0.2) is 18.2 Å². The number of alkyl halides is 2. The number of halogens is 3. The fraction of sp³-hybridized carbons (Fsp3) is 0.500. The number of urea groups is 1. The van der Waals surface area contributed by atoms with Gasteiger partial charge in [0.05, 0.1) is 25.4 Å². The zero-order valence-electron chi connectivity index (χ0n) is 19.1. The highest BCUT2D eigenvalue weighted by Gasteiger charge is 2.37. The summed E-state index contributed by atoms with van der Waals surface area (Å²) in [4.78, 5) is 33.2. The summed E-state index contributed by atoms with van der Waals surface area (Å²) in [7, 11) is 1.43. The number of benzene rings is 1. The molecule has 0 bridgehead atoms. The van der Waals surface area contributed by atoms with Crippen molar-refractivity contribution in [1.82, 2.24) is 19.7 Å². The van der Waals surface area contributed by atoms with Gasteiger partial charge in [-0.2, -0.15) is 5.10 Å². The molecule has 2 aliphatic heterocycles. The summed E-state index contributed by atoms with van der Waals surface area (Å²) in [6.07, 6.45) is -2.86. The van der Waals surface area contributed by atoms with Gasteiger partial charge in [-0.25, -0.2) is 23.0 Å². The molecule has 0 saturated heterocycles. The van der Waals surface area contributed by atoms with E-state index in [4.69, 9.17) is 9.57 Å². The second-order valence-corrected chi connectivity index (χ2v) is 8.49. The molecule has 4 rings (SSSR count). The van der Waals surface area contributed by atoms with Gasteiger partial charge in [0.15, 0.2) is 0 Å². The normalized spacial score (nSPS) is 20.3. The monoisotopic (exact) mass is 481 g/mol. The molecule has 2 aromatic rings. The van der Waals surface area contributed by atoms with Gasteiger partial charge < -0.3 is 15.0 Å². The van der Waals surface area contributed by atoms with Crippen LogP contribution in [0.2, 0.25) is 0 Å². The minimum atomic E-state index is -2.60. The zero-order valence-corrected chi connectivity index (χ0v) is 19.1. The molecule has 184 valence electrons. The van der Waals surface area contributed by atoms with Gasteiger partial charge in [0.2, 0.25) is 0 Å². The molecule has 12 heteroatoms. The summed E-state index contributed by atoms with van der Waals surface area (Å²) in [5.74, 6) is -0.812. The number of ether oxygens (including phenoxy) is 1. The van der Waals surface area contributed by atoms with Crippen LogP contribution in [0.3, 0.4) is 0 Å². The number of nitrogens with one attached hydrogen (secondary N) is 1. The highest BCUT2D eigenvalue weighted by molar-refractivity contribution is 5.94. The summed E-state index contributed by atoms with van der Waals surface area (Å²) in [6, 6.07) is 3.73. The lowest BCUT2D eigenvalue weighted by atomic mass is 9.99. The molecule has 9 nitrogen and oxygen atoms in total. The molecule has 3 amide bonds. The SMILES string of the molecule is Cc1cc(NC(=O)N2Cc3c(nn4c3C(=O)N(C)O[C@@H](COCC(F)F)C4)C[C@H]2C)ccc1F. The molecule has 0 fully saturated rings. The van der Waals surface area contributed by atoms with E-state index in [2.05, 4.69) is 10.4 Å². The van der Waals surface area contributed by atoms with E-state index in [1.165, 1.54) is 23.9 Å². The molecule has 3 heterocycles. The number of hydrogen-bond acceptors (Lipinski definition) is 5. The summed E-state index contributed by atoms with van der Waals surface area (Å²) in [6.45, 7) is 2.91. The van der Waals surface area contributed by atoms with E-state index >= 15 is 0 Å². The van der Waals surface area contributed by atoms with E-state index in [1.807, 2.05) is 6.92 Å². The van der Waals surface area contributed by atoms with Crippen LogP contribution >= 0.6 is 0 Å². The van der Waals surface area contributed by atoms with Crippen LogP contribution in [0, 0.1) is 12.7 Å². The summed E-state index contributed by atoms with van der Waals surface area (Å²) in [5, 5.41) is 8.39. The first-order valence-corrected chi connectivity index (χ1v) is 10.9. The predicted molar refractivity (Wildman–Crippen MR) is 115 cm³/mol. The molecule has 0 unspecified atom stereocenters. The van der Waals surface area contributed by atoms with E-state index in [-0.39, 0.29) is 43.3 Å². The zero-order chi connectivity index (χ0) is 24.6. The van der Waals surface area contributed by atoms with Crippen molar-refractivity contribution in [2.24, 2.45) is 0 Å². The van der Waals surface area contributed by atoms with Crippen LogP contribution in [0.1, 0.15) is 34.2 Å². The van der Waals surface area contributed by atoms with Crippen LogP contribution in [0.4, 0.5) is 23.7 Å². The third kappa shape index (κ3) is 4.87. The van der Waals surface area contributed by atoms with Gasteiger partial charge in [0.1, 0.15) is 24.2 Å². The molecule has 0 radical (unpaired) electrons. The van der Waals surface area contributed by atoms with Gasteiger partial charge >= 0.3 is 6.03 Å². The third-order valence-corrected chi connectivity index (χ3v) is 5.87. The van der Waals surface area contributed by atoms with Crippen LogP contribution in [0.25, 0.3) is 0 Å². The molecule has 1 aromatic heterocycles. The number of anilines is 1. The number of hydrogen-bond donors (Lipinski definition) is 1. The van der Waals surface area contributed by atoms with Crippen LogP contribution in [-0.2, 0) is 29.1 Å². The molecule has 34 heavy (non-hydrogen) atoms. The van der Waals surface area contributed by atoms with Gasteiger partial charge in [0.25, 0.3) is 12.3 Å². The first-order chi connectivity index (χ1) is 16.1. The van der Waals surface area contributed by atoms with Crippen molar-refractivity contribution >= 4 is 17.6 Å². The Hall–Kier alpha value is -3.12.